The molecule has 1 aliphatic rings. The maximum atomic E-state index is 13.2. The van der Waals surface area contributed by atoms with Gasteiger partial charge in [-0.25, -0.2) is 13.2 Å². The highest BCUT2D eigenvalue weighted by Gasteiger charge is 2.39. The largest absolute Gasteiger partial charge is 0.465 e. The summed E-state index contributed by atoms with van der Waals surface area (Å²) in [4.78, 5) is 12.0. The molecule has 0 spiro atoms. The number of methoxy groups -OCH3 is 1. The van der Waals surface area contributed by atoms with Crippen molar-refractivity contribution in [2.45, 2.75) is 45.1 Å². The second-order valence-corrected chi connectivity index (χ2v) is 9.04. The van der Waals surface area contributed by atoms with Gasteiger partial charge in [0.1, 0.15) is 0 Å². The minimum Gasteiger partial charge on any atom is -0.465 e. The van der Waals surface area contributed by atoms with Crippen LogP contribution in [0, 0.1) is 19.3 Å². The van der Waals surface area contributed by atoms with Crippen molar-refractivity contribution in [1.82, 2.24) is 4.31 Å². The molecule has 24 heavy (non-hydrogen) atoms. The maximum absolute atomic E-state index is 13.2. The van der Waals surface area contributed by atoms with Gasteiger partial charge in [0.25, 0.3) is 0 Å². The molecule has 134 valence electrons. The Labute approximate surface area is 144 Å². The summed E-state index contributed by atoms with van der Waals surface area (Å²) in [5.41, 5.74) is 7.44. The number of carbonyl (C=O) groups excluding carboxylic acids is 1. The van der Waals surface area contributed by atoms with Gasteiger partial charge in [0.15, 0.2) is 0 Å². The van der Waals surface area contributed by atoms with E-state index in [1.165, 1.54) is 17.5 Å². The molecule has 1 aliphatic heterocycles. The molecule has 2 rings (SSSR count). The first-order chi connectivity index (χ1) is 11.0. The Morgan fingerprint density at radius 2 is 1.96 bits per heavy atom. The third-order valence-electron chi connectivity index (χ3n) is 4.94. The van der Waals surface area contributed by atoms with Gasteiger partial charge < -0.3 is 10.5 Å². The van der Waals surface area contributed by atoms with E-state index in [2.05, 4.69) is 0 Å². The van der Waals surface area contributed by atoms with Crippen molar-refractivity contribution in [3.63, 3.8) is 0 Å². The van der Waals surface area contributed by atoms with Crippen molar-refractivity contribution < 1.29 is 17.9 Å². The van der Waals surface area contributed by atoms with E-state index in [0.29, 0.717) is 25.1 Å². The molecule has 0 bridgehead atoms. The lowest BCUT2D eigenvalue weighted by Crippen LogP contribution is -2.53. The highest BCUT2D eigenvalue weighted by Crippen LogP contribution is 2.33. The molecule has 1 unspecified atom stereocenters. The Morgan fingerprint density at radius 1 is 1.33 bits per heavy atom. The zero-order valence-electron chi connectivity index (χ0n) is 14.9. The fraction of sp³-hybridized carbons (Fsp3) is 0.588. The molecule has 1 heterocycles. The van der Waals surface area contributed by atoms with Crippen LogP contribution >= 0.6 is 0 Å². The lowest BCUT2D eigenvalue weighted by molar-refractivity contribution is 0.0600. The van der Waals surface area contributed by atoms with Crippen LogP contribution in [0.5, 0.6) is 0 Å². The number of nitrogens with zero attached hydrogens (tertiary/aromatic N) is 1. The van der Waals surface area contributed by atoms with Crippen LogP contribution in [-0.2, 0) is 14.8 Å². The summed E-state index contributed by atoms with van der Waals surface area (Å²) in [5, 5.41) is 0. The maximum Gasteiger partial charge on any atom is 0.337 e. The standard InChI is InChI=1S/C17H26N2O4S/c1-11-8-13(16(20)23-5)9-14(12(11)2)24(21,22)19-7-6-15(18)17(3,4)10-19/h8-9,15H,6-7,10,18H2,1-5H3. The number of benzene rings is 1. The second kappa shape index (κ2) is 6.46. The topological polar surface area (TPSA) is 89.7 Å². The molecule has 0 saturated carbocycles. The second-order valence-electron chi connectivity index (χ2n) is 7.13. The van der Waals surface area contributed by atoms with Crippen molar-refractivity contribution in [2.75, 3.05) is 20.2 Å². The highest BCUT2D eigenvalue weighted by molar-refractivity contribution is 7.89. The van der Waals surface area contributed by atoms with E-state index in [-0.39, 0.29) is 21.9 Å². The van der Waals surface area contributed by atoms with Gasteiger partial charge >= 0.3 is 5.97 Å². The summed E-state index contributed by atoms with van der Waals surface area (Å²) in [5.74, 6) is -0.546. The zero-order valence-corrected chi connectivity index (χ0v) is 15.7. The van der Waals surface area contributed by atoms with Crippen molar-refractivity contribution in [2.24, 2.45) is 11.1 Å². The first kappa shape index (κ1) is 18.9. The third-order valence-corrected chi connectivity index (χ3v) is 6.91. The van der Waals surface area contributed by atoms with Gasteiger partial charge in [-0.15, -0.1) is 0 Å². The predicted molar refractivity (Wildman–Crippen MR) is 92.4 cm³/mol. The Bertz CT molecular complexity index is 756. The normalized spacial score (nSPS) is 21.5. The smallest absolute Gasteiger partial charge is 0.337 e. The number of hydrogen-bond acceptors (Lipinski definition) is 5. The number of nitrogens with two attached hydrogens (primary N) is 1. The Hall–Kier alpha value is -1.44. The van der Waals surface area contributed by atoms with Crippen LogP contribution in [0.25, 0.3) is 0 Å². The molecular formula is C17H26N2O4S. The fourth-order valence-electron chi connectivity index (χ4n) is 3.00. The number of esters is 1. The number of ether oxygens (including phenoxy) is 1. The monoisotopic (exact) mass is 354 g/mol. The third kappa shape index (κ3) is 3.34. The van der Waals surface area contributed by atoms with Crippen LogP contribution in [0.3, 0.4) is 0 Å². The summed E-state index contributed by atoms with van der Waals surface area (Å²) < 4.78 is 32.5. The van der Waals surface area contributed by atoms with Crippen molar-refractivity contribution in [1.29, 1.82) is 0 Å². The molecule has 6 nitrogen and oxygen atoms in total. The first-order valence-corrected chi connectivity index (χ1v) is 9.40. The Morgan fingerprint density at radius 3 is 2.50 bits per heavy atom. The zero-order chi connectivity index (χ0) is 18.3. The van der Waals surface area contributed by atoms with E-state index in [0.717, 1.165) is 5.56 Å². The van der Waals surface area contributed by atoms with Gasteiger partial charge in [0.05, 0.1) is 17.6 Å². The van der Waals surface area contributed by atoms with Crippen LogP contribution in [0.4, 0.5) is 0 Å². The average molecular weight is 354 g/mol. The molecule has 0 radical (unpaired) electrons. The number of carbonyl (C=O) groups is 1. The molecule has 7 heteroatoms. The van der Waals surface area contributed by atoms with E-state index in [4.69, 9.17) is 10.5 Å². The van der Waals surface area contributed by atoms with Crippen LogP contribution in [0.2, 0.25) is 0 Å². The lowest BCUT2D eigenvalue weighted by Gasteiger charge is -2.42. The average Bonchev–Trinajstić information content (AvgIpc) is 2.51. The number of rotatable bonds is 3. The van der Waals surface area contributed by atoms with E-state index >= 15 is 0 Å². The van der Waals surface area contributed by atoms with Crippen LogP contribution in [0.15, 0.2) is 17.0 Å². The molecule has 1 aromatic carbocycles. The Kier molecular flexibility index (Phi) is 5.09. The van der Waals surface area contributed by atoms with Gasteiger partial charge in [-0.1, -0.05) is 13.8 Å². The van der Waals surface area contributed by atoms with Crippen LogP contribution in [-0.4, -0.2) is 44.9 Å². The highest BCUT2D eigenvalue weighted by atomic mass is 32.2. The van der Waals surface area contributed by atoms with Crippen LogP contribution < -0.4 is 5.73 Å². The van der Waals surface area contributed by atoms with E-state index in [9.17, 15) is 13.2 Å². The van der Waals surface area contributed by atoms with Gasteiger partial charge in [-0.2, -0.15) is 4.31 Å². The minimum atomic E-state index is -3.70. The quantitative estimate of drug-likeness (QED) is 0.837. The number of sulfonamides is 1. The van der Waals surface area contributed by atoms with Crippen molar-refractivity contribution in [3.8, 4) is 0 Å². The summed E-state index contributed by atoms with van der Waals surface area (Å²) in [6, 6.07) is 3.02. The molecule has 0 amide bonds. The molecule has 1 atom stereocenters. The molecule has 0 aromatic heterocycles. The summed E-state index contributed by atoms with van der Waals surface area (Å²) in [6.07, 6.45) is 0.612. The Balaban J connectivity index is 2.50. The summed E-state index contributed by atoms with van der Waals surface area (Å²) in [6.45, 7) is 8.23. The van der Waals surface area contributed by atoms with Crippen LogP contribution in [0.1, 0.15) is 41.8 Å². The number of piperidine rings is 1. The van der Waals surface area contributed by atoms with Gasteiger partial charge in [-0.05, 0) is 48.9 Å². The van der Waals surface area contributed by atoms with Crippen molar-refractivity contribution in [3.05, 3.63) is 28.8 Å². The van der Waals surface area contributed by atoms with Gasteiger partial charge in [0.2, 0.25) is 10.0 Å². The SMILES string of the molecule is COC(=O)c1cc(C)c(C)c(S(=O)(=O)N2CCC(N)C(C)(C)C2)c1. The minimum absolute atomic E-state index is 0.0341. The van der Waals surface area contributed by atoms with Gasteiger partial charge in [-0.3, -0.25) is 0 Å². The summed E-state index contributed by atoms with van der Waals surface area (Å²) in [7, 11) is -2.43. The van der Waals surface area contributed by atoms with E-state index in [1.807, 2.05) is 13.8 Å². The lowest BCUT2D eigenvalue weighted by atomic mass is 9.81. The molecule has 1 saturated heterocycles. The van der Waals surface area contributed by atoms with Crippen molar-refractivity contribution >= 4 is 16.0 Å². The van der Waals surface area contributed by atoms with E-state index in [1.54, 1.807) is 19.9 Å². The molecule has 1 aromatic rings. The van der Waals surface area contributed by atoms with E-state index < -0.39 is 16.0 Å². The van der Waals surface area contributed by atoms with Gasteiger partial charge in [0, 0.05) is 19.1 Å². The number of hydrogen-bond donors (Lipinski definition) is 1. The molecule has 2 N–H and O–H groups in total. The summed E-state index contributed by atoms with van der Waals surface area (Å²) >= 11 is 0. The fourth-order valence-corrected chi connectivity index (χ4v) is 4.95. The first-order valence-electron chi connectivity index (χ1n) is 7.96. The molecule has 1 fully saturated rings. The molecule has 0 aliphatic carbocycles. The molecular weight excluding hydrogens is 328 g/mol. The number of aryl methyl sites for hydroxylation is 1. The predicted octanol–water partition coefficient (Wildman–Crippen LogP) is 1.84.